The van der Waals surface area contributed by atoms with E-state index in [1.165, 1.54) is 10.9 Å². The molecule has 1 aliphatic rings. The van der Waals surface area contributed by atoms with E-state index in [1.54, 1.807) is 25.3 Å². The highest BCUT2D eigenvalue weighted by Gasteiger charge is 2.25. The Morgan fingerprint density at radius 3 is 2.73 bits per heavy atom. The Morgan fingerprint density at radius 1 is 1.20 bits per heavy atom. The van der Waals surface area contributed by atoms with Gasteiger partial charge in [-0.25, -0.2) is 4.79 Å². The highest BCUT2D eigenvalue weighted by Crippen LogP contribution is 2.34. The summed E-state index contributed by atoms with van der Waals surface area (Å²) in [5.74, 6) is 0.780. The Balaban J connectivity index is 1.35. The molecule has 0 saturated carbocycles. The number of nitrogens with one attached hydrogen (secondary N) is 2. The fourth-order valence-electron chi connectivity index (χ4n) is 4.10. The quantitative estimate of drug-likeness (QED) is 0.606. The van der Waals surface area contributed by atoms with Crippen molar-refractivity contribution >= 4 is 22.8 Å². The number of aromatic amines is 1. The molecule has 1 aromatic heterocycles. The molecule has 0 spiro atoms. The fourth-order valence-corrected chi connectivity index (χ4v) is 4.10. The van der Waals surface area contributed by atoms with Crippen molar-refractivity contribution < 1.29 is 14.3 Å². The van der Waals surface area contributed by atoms with Gasteiger partial charge in [0.15, 0.2) is 0 Å². The van der Waals surface area contributed by atoms with Gasteiger partial charge in [-0.1, -0.05) is 12.1 Å². The molecule has 2 aromatic carbocycles. The lowest BCUT2D eigenvalue weighted by Gasteiger charge is -2.32. The molecule has 2 heterocycles. The standard InChI is InChI=1S/C23H26N4O3/c1-30-18-5-6-21-19(12-18)20(14-25-21)16-7-9-27(10-8-16)23(29)26-13-15-3-2-4-17(11-15)22(24)28/h2-6,11-12,14,16,25H,7-10,13H2,1H3,(H2,24,28)(H,26,29). The van der Waals surface area contributed by atoms with Crippen LogP contribution >= 0.6 is 0 Å². The Kier molecular flexibility index (Phi) is 5.61. The van der Waals surface area contributed by atoms with E-state index in [1.807, 2.05) is 23.1 Å². The summed E-state index contributed by atoms with van der Waals surface area (Å²) in [5.41, 5.74) is 8.99. The van der Waals surface area contributed by atoms with Crippen LogP contribution in [0.1, 0.15) is 40.2 Å². The first-order valence-corrected chi connectivity index (χ1v) is 10.1. The molecule has 7 nitrogen and oxygen atoms in total. The number of hydrogen-bond acceptors (Lipinski definition) is 3. The number of amides is 3. The van der Waals surface area contributed by atoms with E-state index in [4.69, 9.17) is 10.5 Å². The van der Waals surface area contributed by atoms with Gasteiger partial charge >= 0.3 is 6.03 Å². The van der Waals surface area contributed by atoms with Gasteiger partial charge in [0, 0.05) is 42.3 Å². The van der Waals surface area contributed by atoms with Crippen LogP contribution in [0.3, 0.4) is 0 Å². The molecule has 0 radical (unpaired) electrons. The minimum absolute atomic E-state index is 0.0847. The van der Waals surface area contributed by atoms with E-state index >= 15 is 0 Å². The number of carbonyl (C=O) groups excluding carboxylic acids is 2. The highest BCUT2D eigenvalue weighted by molar-refractivity contribution is 5.92. The molecule has 4 rings (SSSR count). The molecule has 0 bridgehead atoms. The zero-order valence-corrected chi connectivity index (χ0v) is 17.0. The molecule has 0 unspecified atom stereocenters. The number of nitrogens with zero attached hydrogens (tertiary/aromatic N) is 1. The van der Waals surface area contributed by atoms with Crippen LogP contribution in [0.25, 0.3) is 10.9 Å². The predicted octanol–water partition coefficient (Wildman–Crippen LogP) is 3.36. The number of primary amides is 1. The first-order chi connectivity index (χ1) is 14.5. The molecule has 1 aliphatic heterocycles. The van der Waals surface area contributed by atoms with Crippen LogP contribution < -0.4 is 15.8 Å². The average molecular weight is 406 g/mol. The van der Waals surface area contributed by atoms with Gasteiger partial charge in [-0.3, -0.25) is 4.79 Å². The molecule has 156 valence electrons. The summed E-state index contributed by atoms with van der Waals surface area (Å²) in [6, 6.07) is 13.0. The average Bonchev–Trinajstić information content (AvgIpc) is 3.21. The molecule has 4 N–H and O–H groups in total. The second-order valence-electron chi connectivity index (χ2n) is 7.64. The van der Waals surface area contributed by atoms with Gasteiger partial charge in [-0.05, 0) is 60.2 Å². The maximum absolute atomic E-state index is 12.6. The van der Waals surface area contributed by atoms with Crippen molar-refractivity contribution in [1.29, 1.82) is 0 Å². The number of fused-ring (bicyclic) bond motifs is 1. The summed E-state index contributed by atoms with van der Waals surface area (Å²) < 4.78 is 5.37. The summed E-state index contributed by atoms with van der Waals surface area (Å²) in [5, 5.41) is 4.13. The number of methoxy groups -OCH3 is 1. The van der Waals surface area contributed by atoms with E-state index < -0.39 is 5.91 Å². The molecule has 1 saturated heterocycles. The lowest BCUT2D eigenvalue weighted by Crippen LogP contribution is -2.43. The number of urea groups is 1. The monoisotopic (exact) mass is 406 g/mol. The maximum atomic E-state index is 12.6. The predicted molar refractivity (Wildman–Crippen MR) is 116 cm³/mol. The number of rotatable bonds is 5. The van der Waals surface area contributed by atoms with Gasteiger partial charge in [-0.2, -0.15) is 0 Å². The number of H-pyrrole nitrogens is 1. The summed E-state index contributed by atoms with van der Waals surface area (Å²) in [6.45, 7) is 1.77. The van der Waals surface area contributed by atoms with Crippen LogP contribution in [0.5, 0.6) is 5.75 Å². The van der Waals surface area contributed by atoms with Crippen molar-refractivity contribution in [2.75, 3.05) is 20.2 Å². The topological polar surface area (TPSA) is 100 Å². The van der Waals surface area contributed by atoms with Crippen molar-refractivity contribution in [1.82, 2.24) is 15.2 Å². The number of piperidine rings is 1. The van der Waals surface area contributed by atoms with Crippen molar-refractivity contribution in [2.24, 2.45) is 5.73 Å². The van der Waals surface area contributed by atoms with Crippen LogP contribution in [-0.4, -0.2) is 42.0 Å². The van der Waals surface area contributed by atoms with Gasteiger partial charge < -0.3 is 25.7 Å². The number of likely N-dealkylation sites (tertiary alicyclic amines) is 1. The fraction of sp³-hybridized carbons (Fsp3) is 0.304. The van der Waals surface area contributed by atoms with E-state index in [0.29, 0.717) is 31.1 Å². The highest BCUT2D eigenvalue weighted by atomic mass is 16.5. The number of benzene rings is 2. The number of hydrogen-bond donors (Lipinski definition) is 3. The molecule has 3 amide bonds. The third-order valence-corrected chi connectivity index (χ3v) is 5.80. The smallest absolute Gasteiger partial charge is 0.317 e. The maximum Gasteiger partial charge on any atom is 0.317 e. The Hall–Kier alpha value is -3.48. The van der Waals surface area contributed by atoms with Gasteiger partial charge in [0.1, 0.15) is 5.75 Å². The number of nitrogens with two attached hydrogens (primary N) is 1. The molecule has 0 atom stereocenters. The van der Waals surface area contributed by atoms with Crippen LogP contribution in [0, 0.1) is 0 Å². The summed E-state index contributed by atoms with van der Waals surface area (Å²) in [4.78, 5) is 29.1. The molecule has 30 heavy (non-hydrogen) atoms. The van der Waals surface area contributed by atoms with E-state index in [0.717, 1.165) is 29.7 Å². The Morgan fingerprint density at radius 2 is 2.00 bits per heavy atom. The lowest BCUT2D eigenvalue weighted by atomic mass is 9.89. The molecule has 7 heteroatoms. The molecule has 1 fully saturated rings. The third kappa shape index (κ3) is 4.10. The van der Waals surface area contributed by atoms with Crippen molar-refractivity contribution in [3.05, 3.63) is 65.4 Å². The van der Waals surface area contributed by atoms with Crippen LogP contribution in [0.15, 0.2) is 48.7 Å². The van der Waals surface area contributed by atoms with Crippen LogP contribution in [0.4, 0.5) is 4.79 Å². The van der Waals surface area contributed by atoms with Gasteiger partial charge in [0.25, 0.3) is 0 Å². The van der Waals surface area contributed by atoms with E-state index in [2.05, 4.69) is 22.6 Å². The molecular formula is C23H26N4O3. The number of ether oxygens (including phenoxy) is 1. The normalized spacial score (nSPS) is 14.6. The summed E-state index contributed by atoms with van der Waals surface area (Å²) >= 11 is 0. The van der Waals surface area contributed by atoms with Crippen molar-refractivity contribution in [2.45, 2.75) is 25.3 Å². The molecule has 0 aliphatic carbocycles. The Labute approximate surface area is 175 Å². The number of aromatic nitrogens is 1. The third-order valence-electron chi connectivity index (χ3n) is 5.80. The van der Waals surface area contributed by atoms with E-state index in [-0.39, 0.29) is 6.03 Å². The summed E-state index contributed by atoms with van der Waals surface area (Å²) in [6.07, 6.45) is 3.90. The second-order valence-corrected chi connectivity index (χ2v) is 7.64. The molecule has 3 aromatic rings. The van der Waals surface area contributed by atoms with Crippen LogP contribution in [0.2, 0.25) is 0 Å². The SMILES string of the molecule is COc1ccc2[nH]cc(C3CCN(C(=O)NCc4cccc(C(N)=O)c4)CC3)c2c1. The number of carbonyl (C=O) groups is 2. The van der Waals surface area contributed by atoms with Gasteiger partial charge in [0.2, 0.25) is 5.91 Å². The first-order valence-electron chi connectivity index (χ1n) is 10.1. The zero-order valence-electron chi connectivity index (χ0n) is 17.0. The van der Waals surface area contributed by atoms with Crippen LogP contribution in [-0.2, 0) is 6.54 Å². The van der Waals surface area contributed by atoms with Crippen molar-refractivity contribution in [3.8, 4) is 5.75 Å². The van der Waals surface area contributed by atoms with Crippen molar-refractivity contribution in [3.63, 3.8) is 0 Å². The largest absolute Gasteiger partial charge is 0.497 e. The molecular weight excluding hydrogens is 380 g/mol. The summed E-state index contributed by atoms with van der Waals surface area (Å²) in [7, 11) is 1.68. The first kappa shape index (κ1) is 19.8. The minimum atomic E-state index is -0.472. The minimum Gasteiger partial charge on any atom is -0.497 e. The van der Waals surface area contributed by atoms with Gasteiger partial charge in [-0.15, -0.1) is 0 Å². The Bertz CT molecular complexity index is 1070. The van der Waals surface area contributed by atoms with Gasteiger partial charge in [0.05, 0.1) is 7.11 Å². The zero-order chi connectivity index (χ0) is 21.1. The van der Waals surface area contributed by atoms with E-state index in [9.17, 15) is 9.59 Å². The second kappa shape index (κ2) is 8.49. The lowest BCUT2D eigenvalue weighted by molar-refractivity contribution is 0.1000.